The highest BCUT2D eigenvalue weighted by Crippen LogP contribution is 2.38. The zero-order valence-electron chi connectivity index (χ0n) is 40.7. The number of hydrogen-bond donors (Lipinski definition) is 6. The van der Waals surface area contributed by atoms with E-state index in [0.717, 1.165) is 83.8 Å². The van der Waals surface area contributed by atoms with Crippen LogP contribution in [0.25, 0.3) is 0 Å². The summed E-state index contributed by atoms with van der Waals surface area (Å²) in [5.74, 6) is 0.393. The number of nitrogens with zero attached hydrogens (tertiary/aromatic N) is 4. The summed E-state index contributed by atoms with van der Waals surface area (Å²) in [6, 6.07) is 29.5. The number of hydrogen-bond acceptors (Lipinski definition) is 16. The van der Waals surface area contributed by atoms with E-state index in [4.69, 9.17) is 11.6 Å². The number of nitrogens with one attached hydrogen (secondary N) is 6. The molecule has 0 bridgehead atoms. The van der Waals surface area contributed by atoms with Crippen LogP contribution in [0, 0.1) is 11.8 Å². The molecule has 2 aliphatic rings. The van der Waals surface area contributed by atoms with E-state index < -0.39 is 31.7 Å². The van der Waals surface area contributed by atoms with Crippen molar-refractivity contribution in [2.24, 2.45) is 11.8 Å². The third-order valence-corrected chi connectivity index (χ3v) is 21.0. The van der Waals surface area contributed by atoms with Gasteiger partial charge < -0.3 is 20.6 Å². The summed E-state index contributed by atoms with van der Waals surface area (Å²) in [5, 5.41) is 10.9. The third kappa shape index (κ3) is 13.7. The van der Waals surface area contributed by atoms with Gasteiger partial charge in [-0.15, -0.1) is 23.5 Å². The molecule has 18 nitrogen and oxygen atoms in total. The van der Waals surface area contributed by atoms with Gasteiger partial charge in [0.1, 0.15) is 0 Å². The number of H-pyrrole nitrogens is 2. The number of anilines is 4. The van der Waals surface area contributed by atoms with Crippen LogP contribution in [0.2, 0.25) is 5.02 Å². The number of carbonyl (C=O) groups excluding carboxylic acids is 4. The topological polar surface area (TPSA) is 268 Å². The van der Waals surface area contributed by atoms with E-state index in [1.165, 1.54) is 48.3 Å². The number of Topliss-reactive ketones (excluding diaryl/α,β-unsaturated/α-hetero) is 2. The van der Waals surface area contributed by atoms with Crippen LogP contribution in [-0.2, 0) is 31.2 Å². The highest BCUT2D eigenvalue weighted by molar-refractivity contribution is 7.99. The first kappa shape index (κ1) is 55.1. The third-order valence-electron chi connectivity index (χ3n) is 12.3. The second-order valence-electron chi connectivity index (χ2n) is 17.6. The quantitative estimate of drug-likeness (QED) is 0.0345. The Labute approximate surface area is 465 Å². The van der Waals surface area contributed by atoms with E-state index in [9.17, 15) is 36.0 Å². The number of halogens is 1. The van der Waals surface area contributed by atoms with Crippen LogP contribution in [0.1, 0.15) is 83.5 Å². The van der Waals surface area contributed by atoms with Crippen molar-refractivity contribution in [3.05, 3.63) is 155 Å². The van der Waals surface area contributed by atoms with Gasteiger partial charge >= 0.3 is 12.1 Å². The minimum Gasteiger partial charge on any atom is -0.335 e. The molecule has 4 heterocycles. The van der Waals surface area contributed by atoms with Crippen molar-refractivity contribution in [2.75, 3.05) is 21.3 Å². The number of sulfone groups is 2. The molecule has 6 N–H and O–H groups in total. The molecule has 2 saturated carbocycles. The smallest absolute Gasteiger partial charge is 0.325 e. The second kappa shape index (κ2) is 25.2. The lowest BCUT2D eigenvalue weighted by molar-refractivity contribution is 0.0916. The van der Waals surface area contributed by atoms with Crippen LogP contribution in [-0.4, -0.2) is 70.4 Å². The molecule has 0 aliphatic heterocycles. The first-order valence-electron chi connectivity index (χ1n) is 24.2. The van der Waals surface area contributed by atoms with Crippen molar-refractivity contribution < 1.29 is 36.0 Å². The molecular formula is C52H49ClN10O8S6. The lowest BCUT2D eigenvalue weighted by Gasteiger charge is -2.14. The number of benzene rings is 4. The monoisotopic (exact) mass is 1170 g/mol. The van der Waals surface area contributed by atoms with Crippen LogP contribution in [0.15, 0.2) is 156 Å². The number of aromatic nitrogens is 6. The van der Waals surface area contributed by atoms with Crippen LogP contribution < -0.4 is 21.3 Å². The van der Waals surface area contributed by atoms with Crippen molar-refractivity contribution in [3.63, 3.8) is 0 Å². The van der Waals surface area contributed by atoms with Gasteiger partial charge in [0.05, 0.1) is 22.8 Å². The summed E-state index contributed by atoms with van der Waals surface area (Å²) in [6.45, 7) is 0. The Balaban J connectivity index is 0.000000188. The molecule has 0 unspecified atom stereocenters. The summed E-state index contributed by atoms with van der Waals surface area (Å²) in [4.78, 5) is 75.9. The first-order valence-corrected chi connectivity index (χ1v) is 31.1. The molecule has 398 valence electrons. The van der Waals surface area contributed by atoms with Crippen molar-refractivity contribution in [3.8, 4) is 0 Å². The number of aromatic amines is 2. The van der Waals surface area contributed by atoms with Gasteiger partial charge in [0.25, 0.3) is 19.7 Å². The number of amides is 4. The maximum Gasteiger partial charge on any atom is 0.325 e. The zero-order chi connectivity index (χ0) is 53.9. The lowest BCUT2D eigenvalue weighted by Crippen LogP contribution is -2.22. The molecule has 25 heteroatoms. The van der Waals surface area contributed by atoms with E-state index in [-0.39, 0.29) is 63.9 Å². The molecule has 4 aromatic heterocycles. The van der Waals surface area contributed by atoms with Crippen LogP contribution in [0.4, 0.5) is 31.2 Å². The molecule has 0 spiro atoms. The van der Waals surface area contributed by atoms with E-state index >= 15 is 0 Å². The fourth-order valence-electron chi connectivity index (χ4n) is 8.65. The Hall–Kier alpha value is -6.67. The zero-order valence-corrected chi connectivity index (χ0v) is 46.4. The van der Waals surface area contributed by atoms with Gasteiger partial charge in [-0.3, -0.25) is 20.2 Å². The maximum atomic E-state index is 13.3. The average molecular weight is 1170 g/mol. The van der Waals surface area contributed by atoms with Gasteiger partial charge in [-0.25, -0.2) is 46.4 Å². The standard InChI is InChI=1S/C26H24ClN5O4S3.C26H25N5O4S3/c27-17-10-11-20(19(14-17)22(33)16-6-4-5-7-16)30-24(34)32-25-31-21(15-37-18-8-2-1-3-9-18)23(38-25)39(35,36)26-28-12-13-29-26;32-22(17-8-4-5-9-17)19-12-6-7-13-20(19)29-24(33)31-25-30-21(16-36-18-10-2-1-3-11-18)23(37-25)38(34,35)26-27-14-15-28-26/h1-3,8-14,16H,4-7,15H2,(H,28,29)(H2,30,31,32,34);1-3,6-7,10-15,17H,4-5,8-9,16H2,(H,27,28)(H2,29,30,31,33). The van der Waals surface area contributed by atoms with E-state index in [1.807, 2.05) is 60.7 Å². The van der Waals surface area contributed by atoms with Crippen molar-refractivity contribution in [1.29, 1.82) is 0 Å². The van der Waals surface area contributed by atoms with Gasteiger partial charge in [0, 0.05) is 74.1 Å². The van der Waals surface area contributed by atoms with Crippen LogP contribution >= 0.6 is 57.8 Å². The number of carbonyl (C=O) groups is 4. The molecule has 0 atom stereocenters. The van der Waals surface area contributed by atoms with Gasteiger partial charge in [0.2, 0.25) is 10.3 Å². The summed E-state index contributed by atoms with van der Waals surface area (Å²) in [7, 11) is -7.96. The van der Waals surface area contributed by atoms with Crippen molar-refractivity contribution >= 4 is 123 Å². The highest BCUT2D eigenvalue weighted by atomic mass is 35.5. The Morgan fingerprint density at radius 1 is 0.558 bits per heavy atom. The number of rotatable bonds is 18. The number of thioether (sulfide) groups is 2. The predicted octanol–water partition coefficient (Wildman–Crippen LogP) is 12.7. The fourth-order valence-corrected chi connectivity index (χ4v) is 16.2. The maximum absolute atomic E-state index is 13.3. The number of ketones is 2. The molecule has 77 heavy (non-hydrogen) atoms. The minimum atomic E-state index is -3.99. The van der Waals surface area contributed by atoms with E-state index in [1.54, 1.807) is 42.5 Å². The number of urea groups is 2. The van der Waals surface area contributed by atoms with Crippen LogP contribution in [0.3, 0.4) is 0 Å². The molecule has 10 rings (SSSR count). The summed E-state index contributed by atoms with van der Waals surface area (Å²) >= 11 is 10.7. The first-order chi connectivity index (χ1) is 37.2. The summed E-state index contributed by atoms with van der Waals surface area (Å²) in [6.07, 6.45) is 13.0. The Morgan fingerprint density at radius 3 is 1.44 bits per heavy atom. The molecule has 0 saturated heterocycles. The summed E-state index contributed by atoms with van der Waals surface area (Å²) in [5.41, 5.74) is 2.16. The number of thiazole rings is 2. The Bertz CT molecular complexity index is 3590. The summed E-state index contributed by atoms with van der Waals surface area (Å²) < 4.78 is 53.1. The Kier molecular flexibility index (Phi) is 18.0. The highest BCUT2D eigenvalue weighted by Gasteiger charge is 2.32. The predicted molar refractivity (Wildman–Crippen MR) is 300 cm³/mol. The second-order valence-corrected chi connectivity index (χ2v) is 26.2. The van der Waals surface area contributed by atoms with E-state index in [0.29, 0.717) is 38.9 Å². The lowest BCUT2D eigenvalue weighted by atomic mass is 9.95. The molecule has 0 radical (unpaired) electrons. The molecular weight excluding hydrogens is 1120 g/mol. The van der Waals surface area contributed by atoms with Crippen molar-refractivity contribution in [1.82, 2.24) is 29.9 Å². The van der Waals surface area contributed by atoms with Crippen molar-refractivity contribution in [2.45, 2.75) is 91.4 Å². The minimum absolute atomic E-state index is 0.00277. The molecule has 4 aromatic carbocycles. The number of imidazole rings is 2. The van der Waals surface area contributed by atoms with Gasteiger partial charge in [-0.2, -0.15) is 0 Å². The van der Waals surface area contributed by atoms with Gasteiger partial charge in [0.15, 0.2) is 30.2 Å². The SMILES string of the molecule is O=C(Nc1nc(CSc2ccccc2)c(S(=O)(=O)c2ncc[nH]2)s1)Nc1ccc(Cl)cc1C(=O)C1CCCC1.O=C(Nc1nc(CSc2ccccc2)c(S(=O)(=O)c2ncc[nH]2)s1)Nc1ccccc1C(=O)C1CCCC1. The largest absolute Gasteiger partial charge is 0.335 e. The molecule has 2 fully saturated rings. The number of para-hydroxylation sites is 1. The Morgan fingerprint density at radius 2 is 0.987 bits per heavy atom. The molecule has 8 aromatic rings. The van der Waals surface area contributed by atoms with Gasteiger partial charge in [-0.1, -0.05) is 108 Å². The molecule has 2 aliphatic carbocycles. The van der Waals surface area contributed by atoms with E-state index in [2.05, 4.69) is 51.2 Å². The van der Waals surface area contributed by atoms with Gasteiger partial charge in [-0.05, 0) is 80.3 Å². The normalized spacial score (nSPS) is 13.9. The average Bonchev–Trinajstić information content (AvgIpc) is 4.30. The fraction of sp³-hybridized carbons (Fsp3) is 0.231. The molecule has 4 amide bonds. The van der Waals surface area contributed by atoms with Crippen LogP contribution in [0.5, 0.6) is 0 Å².